The van der Waals surface area contributed by atoms with E-state index in [1.807, 2.05) is 0 Å². The van der Waals surface area contributed by atoms with Crippen molar-refractivity contribution in [3.63, 3.8) is 0 Å². The van der Waals surface area contributed by atoms with E-state index in [9.17, 15) is 0 Å². The average Bonchev–Trinajstić information content (AvgIpc) is 2.91. The lowest BCUT2D eigenvalue weighted by Crippen LogP contribution is -2.10. The lowest BCUT2D eigenvalue weighted by molar-refractivity contribution is 1.25. The molecule has 1 nitrogen and oxygen atoms in total. The fourth-order valence-electron chi connectivity index (χ4n) is 4.52. The third kappa shape index (κ3) is 5.16. The second-order valence-electron chi connectivity index (χ2n) is 9.34. The maximum absolute atomic E-state index is 2.33. The van der Waals surface area contributed by atoms with E-state index < -0.39 is 0 Å². The molecule has 0 aliphatic heterocycles. The lowest BCUT2D eigenvalue weighted by atomic mass is 9.94. The van der Waals surface area contributed by atoms with Crippen LogP contribution in [0.15, 0.2) is 127 Å². The van der Waals surface area contributed by atoms with Gasteiger partial charge in [0, 0.05) is 17.1 Å². The first-order chi connectivity index (χ1) is 17.6. The summed E-state index contributed by atoms with van der Waals surface area (Å²) in [5.74, 6) is 0. The van der Waals surface area contributed by atoms with Gasteiger partial charge in [-0.05, 0) is 91.1 Å². The van der Waals surface area contributed by atoms with E-state index in [0.717, 1.165) is 17.1 Å². The van der Waals surface area contributed by atoms with Crippen LogP contribution in [0.3, 0.4) is 0 Å². The number of anilines is 3. The maximum Gasteiger partial charge on any atom is 0.0464 e. The molecule has 0 aliphatic rings. The molecule has 0 fully saturated rings. The average molecular weight is 466 g/mol. The Balaban J connectivity index is 1.59. The second kappa shape index (κ2) is 10.5. The molecule has 0 heterocycles. The van der Waals surface area contributed by atoms with Crippen LogP contribution in [-0.4, -0.2) is 0 Å². The Morgan fingerprint density at radius 2 is 0.944 bits per heavy atom. The molecule has 0 saturated carbocycles. The number of aryl methyl sites for hydroxylation is 3. The Kier molecular flexibility index (Phi) is 6.82. The predicted octanol–water partition coefficient (Wildman–Crippen LogP) is 9.67. The molecule has 0 amide bonds. The Morgan fingerprint density at radius 3 is 1.39 bits per heavy atom. The summed E-state index contributed by atoms with van der Waals surface area (Å²) < 4.78 is 0. The van der Waals surface area contributed by atoms with Crippen molar-refractivity contribution in [3.8, 4) is 0 Å². The van der Waals surface area contributed by atoms with Gasteiger partial charge in [-0.1, -0.05) is 102 Å². The summed E-state index contributed by atoms with van der Waals surface area (Å²) in [6.45, 7) is 6.45. The van der Waals surface area contributed by atoms with Gasteiger partial charge >= 0.3 is 0 Å². The van der Waals surface area contributed by atoms with Gasteiger partial charge in [0.25, 0.3) is 0 Å². The van der Waals surface area contributed by atoms with E-state index in [1.165, 1.54) is 39.0 Å². The van der Waals surface area contributed by atoms with Crippen molar-refractivity contribution in [2.75, 3.05) is 4.90 Å². The third-order valence-corrected chi connectivity index (χ3v) is 6.57. The predicted molar refractivity (Wildman–Crippen MR) is 155 cm³/mol. The molecule has 0 bridgehead atoms. The van der Waals surface area contributed by atoms with Gasteiger partial charge < -0.3 is 4.90 Å². The quantitative estimate of drug-likeness (QED) is 0.226. The first-order valence-electron chi connectivity index (χ1n) is 12.5. The van der Waals surface area contributed by atoms with Crippen LogP contribution in [0.4, 0.5) is 17.1 Å². The molecular weight excluding hydrogens is 434 g/mol. The number of benzene rings is 5. The van der Waals surface area contributed by atoms with Gasteiger partial charge in [-0.2, -0.15) is 0 Å². The van der Waals surface area contributed by atoms with Gasteiger partial charge in [0.15, 0.2) is 0 Å². The van der Waals surface area contributed by atoms with Gasteiger partial charge in [0.1, 0.15) is 0 Å². The number of hydrogen-bond donors (Lipinski definition) is 0. The fraction of sp³-hybridized carbons (Fsp3) is 0.0857. The molecule has 0 saturated heterocycles. The van der Waals surface area contributed by atoms with Gasteiger partial charge in [0.05, 0.1) is 0 Å². The van der Waals surface area contributed by atoms with Crippen molar-refractivity contribution in [2.45, 2.75) is 20.8 Å². The van der Waals surface area contributed by atoms with Gasteiger partial charge in [-0.3, -0.25) is 0 Å². The van der Waals surface area contributed by atoms with E-state index >= 15 is 0 Å². The molecule has 0 N–H and O–H groups in total. The Bertz CT molecular complexity index is 1380. The first-order valence-corrected chi connectivity index (χ1v) is 12.5. The second-order valence-corrected chi connectivity index (χ2v) is 9.34. The normalized spacial score (nSPS) is 10.6. The van der Waals surface area contributed by atoms with Gasteiger partial charge in [-0.25, -0.2) is 0 Å². The number of nitrogens with zero attached hydrogens (tertiary/aromatic N) is 1. The molecule has 0 aromatic heterocycles. The molecule has 176 valence electrons. The van der Waals surface area contributed by atoms with Crippen LogP contribution in [0, 0.1) is 20.8 Å². The highest BCUT2D eigenvalue weighted by Crippen LogP contribution is 2.36. The minimum Gasteiger partial charge on any atom is -0.310 e. The Labute approximate surface area is 215 Å². The van der Waals surface area contributed by atoms with E-state index in [2.05, 4.69) is 159 Å². The molecule has 0 radical (unpaired) electrons. The SMILES string of the molecule is Cc1ccc(N(c2ccc(C)cc2)c2ccc(C=C(c3ccccc3)c3ccccc3)c(C)c2)cc1. The largest absolute Gasteiger partial charge is 0.310 e. The zero-order valence-corrected chi connectivity index (χ0v) is 21.1. The van der Waals surface area contributed by atoms with Gasteiger partial charge in [0.2, 0.25) is 0 Å². The number of hydrogen-bond acceptors (Lipinski definition) is 1. The standard InChI is InChI=1S/C35H31N/c1-26-14-19-32(20-15-26)36(33-21-16-27(2)17-22-33)34-23-18-31(28(3)24-34)25-35(29-10-6-4-7-11-29)30-12-8-5-9-13-30/h4-25H,1-3H3. The van der Waals surface area contributed by atoms with Crippen molar-refractivity contribution in [2.24, 2.45) is 0 Å². The zero-order chi connectivity index (χ0) is 24.9. The van der Waals surface area contributed by atoms with Crippen molar-refractivity contribution in [3.05, 3.63) is 161 Å². The van der Waals surface area contributed by atoms with E-state index in [4.69, 9.17) is 0 Å². The van der Waals surface area contributed by atoms with Crippen LogP contribution in [0.2, 0.25) is 0 Å². The van der Waals surface area contributed by atoms with Gasteiger partial charge in [-0.15, -0.1) is 0 Å². The Morgan fingerprint density at radius 1 is 0.500 bits per heavy atom. The summed E-state index contributed by atoms with van der Waals surface area (Å²) in [5, 5.41) is 0. The maximum atomic E-state index is 2.33. The molecule has 0 atom stereocenters. The molecular formula is C35H31N. The summed E-state index contributed by atoms with van der Waals surface area (Å²) >= 11 is 0. The third-order valence-electron chi connectivity index (χ3n) is 6.57. The molecule has 5 aromatic carbocycles. The smallest absolute Gasteiger partial charge is 0.0464 e. The van der Waals surface area contributed by atoms with Crippen LogP contribution >= 0.6 is 0 Å². The van der Waals surface area contributed by atoms with Crippen molar-refractivity contribution >= 4 is 28.7 Å². The van der Waals surface area contributed by atoms with Crippen LogP contribution in [0.25, 0.3) is 11.6 Å². The van der Waals surface area contributed by atoms with Crippen LogP contribution in [0.5, 0.6) is 0 Å². The molecule has 5 rings (SSSR count). The van der Waals surface area contributed by atoms with Crippen molar-refractivity contribution in [1.29, 1.82) is 0 Å². The van der Waals surface area contributed by atoms with Crippen LogP contribution in [0.1, 0.15) is 33.4 Å². The number of rotatable bonds is 6. The highest BCUT2D eigenvalue weighted by molar-refractivity contribution is 5.92. The van der Waals surface area contributed by atoms with Crippen LogP contribution in [-0.2, 0) is 0 Å². The van der Waals surface area contributed by atoms with Crippen molar-refractivity contribution in [1.82, 2.24) is 0 Å². The minimum atomic E-state index is 1.15. The molecule has 5 aromatic rings. The molecule has 0 unspecified atom stereocenters. The van der Waals surface area contributed by atoms with Crippen LogP contribution < -0.4 is 4.90 Å². The summed E-state index contributed by atoms with van der Waals surface area (Å²) in [5.41, 5.74) is 12.1. The summed E-state index contributed by atoms with van der Waals surface area (Å²) in [6, 6.07) is 45.5. The summed E-state index contributed by atoms with van der Waals surface area (Å²) in [6.07, 6.45) is 2.31. The molecule has 36 heavy (non-hydrogen) atoms. The van der Waals surface area contributed by atoms with Crippen molar-refractivity contribution < 1.29 is 0 Å². The summed E-state index contributed by atoms with van der Waals surface area (Å²) in [4.78, 5) is 2.33. The first kappa shape index (κ1) is 23.4. The molecule has 0 spiro atoms. The van der Waals surface area contributed by atoms with E-state index in [0.29, 0.717) is 0 Å². The van der Waals surface area contributed by atoms with E-state index in [-0.39, 0.29) is 0 Å². The molecule has 0 aliphatic carbocycles. The topological polar surface area (TPSA) is 3.24 Å². The van der Waals surface area contributed by atoms with E-state index in [1.54, 1.807) is 0 Å². The Hall–Kier alpha value is -4.36. The zero-order valence-electron chi connectivity index (χ0n) is 21.1. The molecule has 1 heteroatoms. The summed E-state index contributed by atoms with van der Waals surface area (Å²) in [7, 11) is 0. The minimum absolute atomic E-state index is 1.15. The highest BCUT2D eigenvalue weighted by Gasteiger charge is 2.14. The fourth-order valence-corrected chi connectivity index (χ4v) is 4.52. The monoisotopic (exact) mass is 465 g/mol. The lowest BCUT2D eigenvalue weighted by Gasteiger charge is -2.26. The highest BCUT2D eigenvalue weighted by atomic mass is 15.1.